The fraction of sp³-hybridized carbons (Fsp3) is 0.261. The van der Waals surface area contributed by atoms with Crippen LogP contribution in [-0.4, -0.2) is 19.6 Å². The molecule has 3 nitrogen and oxygen atoms in total. The normalized spacial score (nSPS) is 10.7. The molecule has 1 amide bonds. The van der Waals surface area contributed by atoms with Crippen LogP contribution in [0.15, 0.2) is 60.7 Å². The van der Waals surface area contributed by atoms with Crippen molar-refractivity contribution in [1.29, 1.82) is 0 Å². The number of hydrogen-bond donors (Lipinski definition) is 1. The molecule has 0 radical (unpaired) electrons. The van der Waals surface area contributed by atoms with Gasteiger partial charge < -0.3 is 10.1 Å². The van der Waals surface area contributed by atoms with Crippen molar-refractivity contribution in [3.8, 4) is 16.9 Å². The third-order valence-electron chi connectivity index (χ3n) is 4.55. The van der Waals surface area contributed by atoms with Crippen LogP contribution in [0, 0.1) is 0 Å². The summed E-state index contributed by atoms with van der Waals surface area (Å²) in [5, 5.41) is 5.37. The van der Waals surface area contributed by atoms with E-state index in [0.29, 0.717) is 13.0 Å². The summed E-state index contributed by atoms with van der Waals surface area (Å²) in [7, 11) is 1.68. The minimum absolute atomic E-state index is 0.119. The van der Waals surface area contributed by atoms with E-state index in [2.05, 4.69) is 53.8 Å². The molecule has 0 aliphatic carbocycles. The molecule has 0 aliphatic rings. The Hall–Kier alpha value is -2.81. The number of hydrogen-bond acceptors (Lipinski definition) is 2. The number of nitrogens with one attached hydrogen (secondary N) is 1. The highest BCUT2D eigenvalue weighted by Gasteiger charge is 2.08. The predicted octanol–water partition coefficient (Wildman–Crippen LogP) is 4.97. The maximum Gasteiger partial charge on any atom is 0.219 e. The number of carbonyl (C=O) groups excluding carboxylic acids is 1. The first-order valence-corrected chi connectivity index (χ1v) is 9.14. The zero-order valence-electron chi connectivity index (χ0n) is 15.4. The largest absolute Gasteiger partial charge is 0.497 e. The lowest BCUT2D eigenvalue weighted by atomic mass is 9.95. The number of carbonyl (C=O) groups is 1. The smallest absolute Gasteiger partial charge is 0.219 e. The minimum Gasteiger partial charge on any atom is -0.497 e. The number of fused-ring (bicyclic) bond motifs is 1. The maximum atomic E-state index is 11.8. The summed E-state index contributed by atoms with van der Waals surface area (Å²) in [6, 6.07) is 21.0. The molecule has 0 fully saturated rings. The van der Waals surface area contributed by atoms with Crippen molar-refractivity contribution in [2.24, 2.45) is 0 Å². The van der Waals surface area contributed by atoms with Crippen molar-refractivity contribution in [1.82, 2.24) is 5.32 Å². The molecule has 3 aromatic rings. The number of methoxy groups -OCH3 is 1. The molecule has 0 spiro atoms. The Morgan fingerprint density at radius 2 is 1.81 bits per heavy atom. The van der Waals surface area contributed by atoms with Gasteiger partial charge in [0.05, 0.1) is 7.11 Å². The summed E-state index contributed by atoms with van der Waals surface area (Å²) in [5.41, 5.74) is 3.61. The molecule has 0 saturated carbocycles. The van der Waals surface area contributed by atoms with Crippen molar-refractivity contribution in [2.75, 3.05) is 13.7 Å². The monoisotopic (exact) mass is 347 g/mol. The van der Waals surface area contributed by atoms with Gasteiger partial charge in [-0.25, -0.2) is 0 Å². The van der Waals surface area contributed by atoms with E-state index in [0.717, 1.165) is 18.6 Å². The topological polar surface area (TPSA) is 38.3 Å². The number of benzene rings is 3. The number of rotatable bonds is 7. The van der Waals surface area contributed by atoms with E-state index in [9.17, 15) is 4.79 Å². The summed E-state index contributed by atoms with van der Waals surface area (Å²) in [5.74, 6) is 0.967. The van der Waals surface area contributed by atoms with Gasteiger partial charge in [-0.1, -0.05) is 49.4 Å². The van der Waals surface area contributed by atoms with Crippen LogP contribution in [0.1, 0.15) is 25.3 Å². The molecule has 1 N–H and O–H groups in total. The highest BCUT2D eigenvalue weighted by molar-refractivity contribution is 5.91. The van der Waals surface area contributed by atoms with Crippen molar-refractivity contribution in [3.63, 3.8) is 0 Å². The lowest BCUT2D eigenvalue weighted by molar-refractivity contribution is -0.121. The second kappa shape index (κ2) is 8.52. The fourth-order valence-corrected chi connectivity index (χ4v) is 3.20. The summed E-state index contributed by atoms with van der Waals surface area (Å²) < 4.78 is 5.40. The lowest BCUT2D eigenvalue weighted by Gasteiger charge is -2.13. The molecular formula is C23H25NO2. The predicted molar refractivity (Wildman–Crippen MR) is 108 cm³/mol. The first-order chi connectivity index (χ1) is 12.7. The zero-order chi connectivity index (χ0) is 18.4. The fourth-order valence-electron chi connectivity index (χ4n) is 3.20. The first-order valence-electron chi connectivity index (χ1n) is 9.14. The Kier molecular flexibility index (Phi) is 5.90. The Morgan fingerprint density at radius 1 is 1.00 bits per heavy atom. The van der Waals surface area contributed by atoms with E-state index in [1.54, 1.807) is 7.11 Å². The number of ether oxygens (including phenoxy) is 1. The van der Waals surface area contributed by atoms with Gasteiger partial charge in [-0.15, -0.1) is 0 Å². The van der Waals surface area contributed by atoms with E-state index in [-0.39, 0.29) is 5.91 Å². The van der Waals surface area contributed by atoms with Crippen molar-refractivity contribution >= 4 is 16.7 Å². The van der Waals surface area contributed by atoms with Crippen LogP contribution in [0.4, 0.5) is 0 Å². The molecule has 0 bridgehead atoms. The Labute approximate surface area is 155 Å². The van der Waals surface area contributed by atoms with Gasteiger partial charge in [0.1, 0.15) is 5.75 Å². The Morgan fingerprint density at radius 3 is 2.54 bits per heavy atom. The second-order valence-electron chi connectivity index (χ2n) is 6.44. The summed E-state index contributed by atoms with van der Waals surface area (Å²) in [6.07, 6.45) is 2.24. The standard InChI is InChI=1S/C23H25NO2/c1-3-7-23(25)24-13-12-19-15-20(17-8-5-4-6-9-17)14-18-10-11-21(26-2)16-22(18)19/h4-6,8-11,14-16H,3,7,12-13H2,1-2H3,(H,24,25). The van der Waals surface area contributed by atoms with E-state index >= 15 is 0 Å². The van der Waals surface area contributed by atoms with Gasteiger partial charge in [0.2, 0.25) is 5.91 Å². The van der Waals surface area contributed by atoms with Crippen LogP contribution in [-0.2, 0) is 11.2 Å². The second-order valence-corrected chi connectivity index (χ2v) is 6.44. The van der Waals surface area contributed by atoms with Gasteiger partial charge in [0, 0.05) is 13.0 Å². The molecule has 3 rings (SSSR count). The van der Waals surface area contributed by atoms with Gasteiger partial charge in [-0.2, -0.15) is 0 Å². The van der Waals surface area contributed by atoms with Crippen molar-refractivity contribution in [2.45, 2.75) is 26.2 Å². The van der Waals surface area contributed by atoms with Crippen molar-refractivity contribution < 1.29 is 9.53 Å². The summed E-state index contributed by atoms with van der Waals surface area (Å²) in [6.45, 7) is 2.66. The molecule has 0 unspecified atom stereocenters. The Bertz CT molecular complexity index is 887. The van der Waals surface area contributed by atoms with Crippen LogP contribution in [0.3, 0.4) is 0 Å². The van der Waals surface area contributed by atoms with Crippen LogP contribution >= 0.6 is 0 Å². The van der Waals surface area contributed by atoms with Crippen LogP contribution in [0.25, 0.3) is 21.9 Å². The van der Waals surface area contributed by atoms with Gasteiger partial charge in [-0.3, -0.25) is 4.79 Å². The maximum absolute atomic E-state index is 11.8. The molecule has 0 aromatic heterocycles. The molecular weight excluding hydrogens is 322 g/mol. The van der Waals surface area contributed by atoms with Crippen molar-refractivity contribution in [3.05, 3.63) is 66.2 Å². The molecule has 134 valence electrons. The van der Waals surface area contributed by atoms with Gasteiger partial charge >= 0.3 is 0 Å². The molecule has 0 atom stereocenters. The van der Waals surface area contributed by atoms with E-state index < -0.39 is 0 Å². The van der Waals surface area contributed by atoms with Gasteiger partial charge in [-0.05, 0) is 58.5 Å². The molecule has 3 aromatic carbocycles. The highest BCUT2D eigenvalue weighted by atomic mass is 16.5. The van der Waals surface area contributed by atoms with E-state index in [4.69, 9.17) is 4.74 Å². The first kappa shape index (κ1) is 18.0. The third-order valence-corrected chi connectivity index (χ3v) is 4.55. The molecule has 3 heteroatoms. The Balaban J connectivity index is 1.95. The van der Waals surface area contributed by atoms with E-state index in [1.165, 1.54) is 27.5 Å². The average Bonchev–Trinajstić information content (AvgIpc) is 2.68. The van der Waals surface area contributed by atoms with Gasteiger partial charge in [0.15, 0.2) is 0 Å². The molecule has 0 saturated heterocycles. The quantitative estimate of drug-likeness (QED) is 0.655. The average molecular weight is 347 g/mol. The van der Waals surface area contributed by atoms with Crippen LogP contribution in [0.2, 0.25) is 0 Å². The number of amides is 1. The summed E-state index contributed by atoms with van der Waals surface area (Å²) in [4.78, 5) is 11.8. The lowest BCUT2D eigenvalue weighted by Crippen LogP contribution is -2.25. The SMILES string of the molecule is CCCC(=O)NCCc1cc(-c2ccccc2)cc2ccc(OC)cc12. The van der Waals surface area contributed by atoms with E-state index in [1.807, 2.05) is 19.1 Å². The third kappa shape index (κ3) is 4.23. The van der Waals surface area contributed by atoms with Crippen LogP contribution < -0.4 is 10.1 Å². The molecule has 0 heterocycles. The summed E-state index contributed by atoms with van der Waals surface area (Å²) >= 11 is 0. The zero-order valence-corrected chi connectivity index (χ0v) is 15.4. The van der Waals surface area contributed by atoms with Gasteiger partial charge in [0.25, 0.3) is 0 Å². The molecule has 0 aliphatic heterocycles. The highest BCUT2D eigenvalue weighted by Crippen LogP contribution is 2.30. The van der Waals surface area contributed by atoms with Crippen LogP contribution in [0.5, 0.6) is 5.75 Å². The minimum atomic E-state index is 0.119. The molecule has 26 heavy (non-hydrogen) atoms.